The third kappa shape index (κ3) is 4.30. The molecule has 1 aliphatic carbocycles. The van der Waals surface area contributed by atoms with Gasteiger partial charge in [0.05, 0.1) is 11.2 Å². The van der Waals surface area contributed by atoms with Crippen molar-refractivity contribution in [2.75, 3.05) is 19.4 Å². The first-order valence-electron chi connectivity index (χ1n) is 9.80. The first kappa shape index (κ1) is 20.3. The zero-order valence-corrected chi connectivity index (χ0v) is 17.5. The molecule has 10 heteroatoms. The molecule has 1 saturated carbocycles. The van der Waals surface area contributed by atoms with E-state index in [-0.39, 0.29) is 23.9 Å². The van der Waals surface area contributed by atoms with E-state index in [4.69, 9.17) is 11.6 Å². The molecule has 3 aromatic rings. The second-order valence-corrected chi connectivity index (χ2v) is 8.13. The van der Waals surface area contributed by atoms with Gasteiger partial charge in [0.25, 0.3) is 0 Å². The van der Waals surface area contributed by atoms with Crippen molar-refractivity contribution in [2.24, 2.45) is 0 Å². The van der Waals surface area contributed by atoms with Crippen molar-refractivity contribution in [2.45, 2.75) is 37.8 Å². The van der Waals surface area contributed by atoms with Crippen molar-refractivity contribution in [3.8, 4) is 11.4 Å². The third-order valence-electron chi connectivity index (χ3n) is 5.23. The lowest BCUT2D eigenvalue weighted by Gasteiger charge is -2.31. The maximum atomic E-state index is 14.5. The SMILES string of the molecule is CN(C)C(=O)N[C@@H]1CCC[C@H](Nc2nc(-c3c[nH]c4ncc(Cl)cc34)ncc2F)C1. The third-order valence-corrected chi connectivity index (χ3v) is 5.44. The van der Waals surface area contributed by atoms with Gasteiger partial charge in [-0.3, -0.25) is 0 Å². The molecular formula is C20H23ClFN7O. The summed E-state index contributed by atoms with van der Waals surface area (Å²) in [5.74, 6) is 0.00519. The maximum absolute atomic E-state index is 14.5. The second-order valence-electron chi connectivity index (χ2n) is 7.69. The van der Waals surface area contributed by atoms with Gasteiger partial charge in [0, 0.05) is 49.5 Å². The smallest absolute Gasteiger partial charge is 0.317 e. The minimum Gasteiger partial charge on any atom is -0.365 e. The van der Waals surface area contributed by atoms with Crippen LogP contribution in [-0.4, -0.2) is 57.0 Å². The molecule has 0 unspecified atom stereocenters. The number of nitrogens with one attached hydrogen (secondary N) is 3. The number of nitrogens with zero attached hydrogens (tertiary/aromatic N) is 4. The summed E-state index contributed by atoms with van der Waals surface area (Å²) in [5.41, 5.74) is 1.35. The minimum absolute atomic E-state index is 0.00235. The first-order valence-corrected chi connectivity index (χ1v) is 10.2. The molecule has 1 aliphatic rings. The molecule has 0 radical (unpaired) electrons. The molecule has 3 N–H and O–H groups in total. The number of urea groups is 1. The summed E-state index contributed by atoms with van der Waals surface area (Å²) >= 11 is 6.07. The van der Waals surface area contributed by atoms with E-state index in [0.717, 1.165) is 30.8 Å². The Kier molecular flexibility index (Phi) is 5.72. The van der Waals surface area contributed by atoms with Gasteiger partial charge >= 0.3 is 6.03 Å². The van der Waals surface area contributed by atoms with Crippen LogP contribution in [-0.2, 0) is 0 Å². The predicted molar refractivity (Wildman–Crippen MR) is 114 cm³/mol. The van der Waals surface area contributed by atoms with Gasteiger partial charge in [-0.15, -0.1) is 0 Å². The van der Waals surface area contributed by atoms with E-state index in [1.54, 1.807) is 32.6 Å². The van der Waals surface area contributed by atoms with Crippen LogP contribution in [0.25, 0.3) is 22.4 Å². The lowest BCUT2D eigenvalue weighted by atomic mass is 9.91. The molecule has 0 aliphatic heterocycles. The number of carbonyl (C=O) groups is 1. The highest BCUT2D eigenvalue weighted by molar-refractivity contribution is 6.31. The average Bonchev–Trinajstić information content (AvgIpc) is 3.13. The number of aromatic amines is 1. The van der Waals surface area contributed by atoms with E-state index in [9.17, 15) is 9.18 Å². The molecule has 4 rings (SSSR count). The fourth-order valence-corrected chi connectivity index (χ4v) is 3.87. The molecule has 0 spiro atoms. The van der Waals surface area contributed by atoms with Gasteiger partial charge in [0.1, 0.15) is 5.65 Å². The molecule has 8 nitrogen and oxygen atoms in total. The lowest BCUT2D eigenvalue weighted by Crippen LogP contribution is -2.45. The highest BCUT2D eigenvalue weighted by atomic mass is 35.5. The number of aromatic nitrogens is 4. The van der Waals surface area contributed by atoms with E-state index in [2.05, 4.69) is 30.6 Å². The maximum Gasteiger partial charge on any atom is 0.317 e. The second kappa shape index (κ2) is 8.43. The Labute approximate surface area is 178 Å². The number of amides is 2. The number of hydrogen-bond donors (Lipinski definition) is 3. The van der Waals surface area contributed by atoms with Crippen LogP contribution >= 0.6 is 11.6 Å². The summed E-state index contributed by atoms with van der Waals surface area (Å²) in [6.07, 6.45) is 7.86. The molecule has 158 valence electrons. The largest absolute Gasteiger partial charge is 0.365 e. The molecule has 2 amide bonds. The molecule has 3 heterocycles. The number of H-pyrrole nitrogens is 1. The first-order chi connectivity index (χ1) is 14.4. The Morgan fingerprint density at radius 2 is 2.07 bits per heavy atom. The van der Waals surface area contributed by atoms with E-state index in [1.165, 1.54) is 4.90 Å². The van der Waals surface area contributed by atoms with E-state index in [0.29, 0.717) is 28.5 Å². The zero-order chi connectivity index (χ0) is 21.3. The Morgan fingerprint density at radius 3 is 2.87 bits per heavy atom. The topological polar surface area (TPSA) is 98.8 Å². The number of hydrogen-bond acceptors (Lipinski definition) is 5. The predicted octanol–water partition coefficient (Wildman–Crippen LogP) is 3.81. The van der Waals surface area contributed by atoms with Crippen LogP contribution in [0.2, 0.25) is 5.02 Å². The Balaban J connectivity index is 1.53. The Morgan fingerprint density at radius 1 is 1.27 bits per heavy atom. The highest BCUT2D eigenvalue weighted by Gasteiger charge is 2.25. The van der Waals surface area contributed by atoms with Crippen LogP contribution in [0.5, 0.6) is 0 Å². The van der Waals surface area contributed by atoms with Gasteiger partial charge in [-0.1, -0.05) is 11.6 Å². The van der Waals surface area contributed by atoms with Gasteiger partial charge in [0.2, 0.25) is 0 Å². The van der Waals surface area contributed by atoms with E-state index >= 15 is 0 Å². The molecule has 0 bridgehead atoms. The van der Waals surface area contributed by atoms with Crippen LogP contribution in [0, 0.1) is 5.82 Å². The van der Waals surface area contributed by atoms with Crippen molar-refractivity contribution in [3.05, 3.63) is 35.5 Å². The molecular weight excluding hydrogens is 409 g/mol. The summed E-state index contributed by atoms with van der Waals surface area (Å²) in [6, 6.07) is 1.69. The average molecular weight is 432 g/mol. The van der Waals surface area contributed by atoms with Crippen molar-refractivity contribution in [3.63, 3.8) is 0 Å². The summed E-state index contributed by atoms with van der Waals surface area (Å²) in [7, 11) is 3.41. The molecule has 2 atom stereocenters. The lowest BCUT2D eigenvalue weighted by molar-refractivity contribution is 0.208. The van der Waals surface area contributed by atoms with Crippen LogP contribution in [0.3, 0.4) is 0 Å². The quantitative estimate of drug-likeness (QED) is 0.583. The van der Waals surface area contributed by atoms with Gasteiger partial charge in [-0.25, -0.2) is 24.1 Å². The number of anilines is 1. The number of halogens is 2. The van der Waals surface area contributed by atoms with Crippen molar-refractivity contribution in [1.82, 2.24) is 30.2 Å². The summed E-state index contributed by atoms with van der Waals surface area (Å²) in [5, 5.41) is 7.47. The molecule has 30 heavy (non-hydrogen) atoms. The van der Waals surface area contributed by atoms with Crippen LogP contribution in [0.15, 0.2) is 24.7 Å². The molecule has 0 saturated heterocycles. The number of pyridine rings is 1. The van der Waals surface area contributed by atoms with Crippen molar-refractivity contribution in [1.29, 1.82) is 0 Å². The van der Waals surface area contributed by atoms with Crippen LogP contribution in [0.1, 0.15) is 25.7 Å². The normalized spacial score (nSPS) is 18.9. The standard InChI is InChI=1S/C20H23ClFN7O/c1-29(2)20(30)27-13-5-3-4-12(7-13)26-19-16(22)10-25-18(28-19)15-9-24-17-14(15)6-11(21)8-23-17/h6,8-10,12-13H,3-5,7H2,1-2H3,(H,23,24)(H,27,30)(H,25,26,28)/t12-,13+/m0/s1. The monoisotopic (exact) mass is 431 g/mol. The fraction of sp³-hybridized carbons (Fsp3) is 0.400. The summed E-state index contributed by atoms with van der Waals surface area (Å²) in [4.78, 5) is 29.3. The van der Waals surface area contributed by atoms with Crippen LogP contribution in [0.4, 0.5) is 15.0 Å². The molecule has 0 aromatic carbocycles. The number of carbonyl (C=O) groups excluding carboxylic acids is 1. The zero-order valence-electron chi connectivity index (χ0n) is 16.7. The minimum atomic E-state index is -0.519. The highest BCUT2D eigenvalue weighted by Crippen LogP contribution is 2.29. The van der Waals surface area contributed by atoms with Crippen LogP contribution < -0.4 is 10.6 Å². The Bertz CT molecular complexity index is 1070. The Hall–Kier alpha value is -2.94. The fourth-order valence-electron chi connectivity index (χ4n) is 3.71. The molecule has 3 aromatic heterocycles. The summed E-state index contributed by atoms with van der Waals surface area (Å²) in [6.45, 7) is 0. The van der Waals surface area contributed by atoms with Crippen molar-refractivity contribution >= 4 is 34.5 Å². The van der Waals surface area contributed by atoms with Gasteiger partial charge < -0.3 is 20.5 Å². The van der Waals surface area contributed by atoms with Gasteiger partial charge in [-0.05, 0) is 31.7 Å². The number of rotatable bonds is 4. The number of fused-ring (bicyclic) bond motifs is 1. The van der Waals surface area contributed by atoms with Gasteiger partial charge in [0.15, 0.2) is 17.5 Å². The summed E-state index contributed by atoms with van der Waals surface area (Å²) < 4.78 is 14.5. The van der Waals surface area contributed by atoms with Gasteiger partial charge in [-0.2, -0.15) is 0 Å². The van der Waals surface area contributed by atoms with Crippen molar-refractivity contribution < 1.29 is 9.18 Å². The van der Waals surface area contributed by atoms with E-state index in [1.807, 2.05) is 0 Å². The molecule has 1 fully saturated rings. The van der Waals surface area contributed by atoms with E-state index < -0.39 is 5.82 Å².